The minimum absolute atomic E-state index is 0.372. The van der Waals surface area contributed by atoms with Crippen LogP contribution >= 0.6 is 11.6 Å². The Hall–Kier alpha value is -2.53. The third-order valence-electron chi connectivity index (χ3n) is 5.10. The molecule has 0 bridgehead atoms. The first-order valence-corrected chi connectivity index (χ1v) is 9.98. The highest BCUT2D eigenvalue weighted by Crippen LogP contribution is 2.26. The molecular formula is C22H26ClN3O2. The van der Waals surface area contributed by atoms with Gasteiger partial charge in [0.05, 0.1) is 10.7 Å². The maximum absolute atomic E-state index is 12.7. The molecule has 2 N–H and O–H groups in total. The fourth-order valence-corrected chi connectivity index (χ4v) is 3.32. The molecule has 1 heterocycles. The van der Waals surface area contributed by atoms with Gasteiger partial charge < -0.3 is 15.5 Å². The third kappa shape index (κ3) is 4.65. The van der Waals surface area contributed by atoms with Crippen molar-refractivity contribution < 1.29 is 9.59 Å². The van der Waals surface area contributed by atoms with E-state index in [-0.39, 0.29) is 5.91 Å². The maximum Gasteiger partial charge on any atom is 0.239 e. The van der Waals surface area contributed by atoms with E-state index in [4.69, 9.17) is 11.6 Å². The van der Waals surface area contributed by atoms with Gasteiger partial charge in [0.15, 0.2) is 0 Å². The predicted octanol–water partition coefficient (Wildman–Crippen LogP) is 4.93. The Morgan fingerprint density at radius 3 is 2.14 bits per heavy atom. The number of amides is 2. The predicted molar refractivity (Wildman–Crippen MR) is 115 cm³/mol. The van der Waals surface area contributed by atoms with Gasteiger partial charge in [-0.25, -0.2) is 0 Å². The van der Waals surface area contributed by atoms with Crippen molar-refractivity contribution in [1.29, 1.82) is 0 Å². The van der Waals surface area contributed by atoms with Crippen molar-refractivity contribution >= 4 is 40.5 Å². The standard InChI is InChI=1S/C22H26ClN3O2/c1-22(2,21(28)25-19-9-5-4-8-18(19)23)20(27)24-16-10-12-17(13-11-16)26-14-6-3-7-15-26/h4-5,8-13H,3,6-7,14-15H2,1-2H3,(H,24,27)(H,25,28). The summed E-state index contributed by atoms with van der Waals surface area (Å²) in [5.41, 5.74) is 1.06. The van der Waals surface area contributed by atoms with Crippen LogP contribution in [-0.4, -0.2) is 24.9 Å². The Bertz CT molecular complexity index is 843. The lowest BCUT2D eigenvalue weighted by Gasteiger charge is -2.29. The number of halogens is 1. The van der Waals surface area contributed by atoms with Crippen LogP contribution < -0.4 is 15.5 Å². The largest absolute Gasteiger partial charge is 0.372 e. The molecule has 1 aliphatic heterocycles. The zero-order valence-corrected chi connectivity index (χ0v) is 17.1. The van der Waals surface area contributed by atoms with E-state index in [1.807, 2.05) is 24.3 Å². The van der Waals surface area contributed by atoms with Crippen molar-refractivity contribution in [2.24, 2.45) is 5.41 Å². The molecule has 2 aromatic carbocycles. The van der Waals surface area contributed by atoms with Gasteiger partial charge >= 0.3 is 0 Å². The number of para-hydroxylation sites is 1. The van der Waals surface area contributed by atoms with E-state index in [1.165, 1.54) is 19.3 Å². The molecule has 0 radical (unpaired) electrons. The fraction of sp³-hybridized carbons (Fsp3) is 0.364. The third-order valence-corrected chi connectivity index (χ3v) is 5.43. The molecule has 1 saturated heterocycles. The number of hydrogen-bond acceptors (Lipinski definition) is 3. The normalized spacial score (nSPS) is 14.5. The molecule has 1 aliphatic rings. The lowest BCUT2D eigenvalue weighted by molar-refractivity contribution is -0.135. The molecule has 0 aromatic heterocycles. The molecular weight excluding hydrogens is 374 g/mol. The minimum atomic E-state index is -1.26. The van der Waals surface area contributed by atoms with Crippen LogP contribution in [0.3, 0.4) is 0 Å². The number of nitrogens with one attached hydrogen (secondary N) is 2. The Morgan fingerprint density at radius 2 is 1.50 bits per heavy atom. The Morgan fingerprint density at radius 1 is 0.893 bits per heavy atom. The summed E-state index contributed by atoms with van der Waals surface area (Å²) in [5, 5.41) is 6.00. The minimum Gasteiger partial charge on any atom is -0.372 e. The average molecular weight is 400 g/mol. The van der Waals surface area contributed by atoms with Crippen molar-refractivity contribution in [2.45, 2.75) is 33.1 Å². The van der Waals surface area contributed by atoms with E-state index in [0.29, 0.717) is 16.4 Å². The van der Waals surface area contributed by atoms with E-state index in [0.717, 1.165) is 18.8 Å². The molecule has 0 saturated carbocycles. The highest BCUT2D eigenvalue weighted by Gasteiger charge is 2.36. The second-order valence-electron chi connectivity index (χ2n) is 7.61. The highest BCUT2D eigenvalue weighted by molar-refractivity contribution is 6.34. The van der Waals surface area contributed by atoms with Crippen molar-refractivity contribution in [3.05, 3.63) is 53.6 Å². The van der Waals surface area contributed by atoms with Crippen molar-refractivity contribution in [3.8, 4) is 0 Å². The summed E-state index contributed by atoms with van der Waals surface area (Å²) in [6.45, 7) is 5.33. The van der Waals surface area contributed by atoms with Crippen LogP contribution in [0.15, 0.2) is 48.5 Å². The Kier molecular flexibility index (Phi) is 6.25. The summed E-state index contributed by atoms with van der Waals surface area (Å²) in [5.74, 6) is -0.786. The molecule has 0 atom stereocenters. The van der Waals surface area contributed by atoms with Crippen LogP contribution in [0.4, 0.5) is 17.1 Å². The van der Waals surface area contributed by atoms with Gasteiger partial charge in [-0.2, -0.15) is 0 Å². The molecule has 5 nitrogen and oxygen atoms in total. The van der Waals surface area contributed by atoms with Gasteiger partial charge in [-0.15, -0.1) is 0 Å². The van der Waals surface area contributed by atoms with Gasteiger partial charge in [-0.05, 0) is 69.5 Å². The first-order valence-electron chi connectivity index (χ1n) is 9.60. The van der Waals surface area contributed by atoms with E-state index in [1.54, 1.807) is 38.1 Å². The van der Waals surface area contributed by atoms with Gasteiger partial charge in [-0.3, -0.25) is 9.59 Å². The van der Waals surface area contributed by atoms with Crippen LogP contribution in [0.1, 0.15) is 33.1 Å². The molecule has 1 fully saturated rings. The molecule has 0 aliphatic carbocycles. The summed E-state index contributed by atoms with van der Waals surface area (Å²) in [7, 11) is 0. The highest BCUT2D eigenvalue weighted by atomic mass is 35.5. The van der Waals surface area contributed by atoms with Gasteiger partial charge in [0.1, 0.15) is 5.41 Å². The van der Waals surface area contributed by atoms with Crippen LogP contribution in [0, 0.1) is 5.41 Å². The van der Waals surface area contributed by atoms with E-state index < -0.39 is 11.3 Å². The smallest absolute Gasteiger partial charge is 0.239 e. The lowest BCUT2D eigenvalue weighted by Crippen LogP contribution is -2.41. The second-order valence-corrected chi connectivity index (χ2v) is 8.01. The number of hydrogen-bond donors (Lipinski definition) is 2. The Balaban J connectivity index is 1.63. The summed E-state index contributed by atoms with van der Waals surface area (Å²) < 4.78 is 0. The number of rotatable bonds is 5. The van der Waals surface area contributed by atoms with Crippen molar-refractivity contribution in [3.63, 3.8) is 0 Å². The summed E-state index contributed by atoms with van der Waals surface area (Å²) >= 11 is 6.09. The SMILES string of the molecule is CC(C)(C(=O)Nc1ccc(N2CCCCC2)cc1)C(=O)Nc1ccccc1Cl. The first kappa shape index (κ1) is 20.2. The zero-order chi connectivity index (χ0) is 20.1. The zero-order valence-electron chi connectivity index (χ0n) is 16.3. The number of carbonyl (C=O) groups is 2. The average Bonchev–Trinajstić information content (AvgIpc) is 2.71. The number of carbonyl (C=O) groups excluding carboxylic acids is 2. The van der Waals surface area contributed by atoms with Crippen molar-refractivity contribution in [1.82, 2.24) is 0 Å². The molecule has 148 valence electrons. The Labute approximate surface area is 171 Å². The summed E-state index contributed by atoms with van der Waals surface area (Å²) in [6.07, 6.45) is 3.72. The van der Waals surface area contributed by atoms with Crippen LogP contribution in [0.5, 0.6) is 0 Å². The topological polar surface area (TPSA) is 61.4 Å². The summed E-state index contributed by atoms with van der Waals surface area (Å²) in [4.78, 5) is 27.7. The van der Waals surface area contributed by atoms with Crippen LogP contribution in [0.25, 0.3) is 0 Å². The molecule has 6 heteroatoms. The molecule has 2 amide bonds. The second kappa shape index (κ2) is 8.65. The number of nitrogens with zero attached hydrogens (tertiary/aromatic N) is 1. The van der Waals surface area contributed by atoms with Gasteiger partial charge in [0.2, 0.25) is 11.8 Å². The fourth-order valence-electron chi connectivity index (χ4n) is 3.14. The summed E-state index contributed by atoms with van der Waals surface area (Å²) in [6, 6.07) is 14.7. The molecule has 2 aromatic rings. The maximum atomic E-state index is 12.7. The number of piperidine rings is 1. The van der Waals surface area contributed by atoms with Crippen molar-refractivity contribution in [2.75, 3.05) is 28.6 Å². The van der Waals surface area contributed by atoms with Gasteiger partial charge in [0, 0.05) is 24.5 Å². The van der Waals surface area contributed by atoms with E-state index in [2.05, 4.69) is 15.5 Å². The van der Waals surface area contributed by atoms with Gasteiger partial charge in [-0.1, -0.05) is 23.7 Å². The first-order chi connectivity index (χ1) is 13.4. The number of anilines is 3. The van der Waals surface area contributed by atoms with Crippen LogP contribution in [0.2, 0.25) is 5.02 Å². The molecule has 0 unspecified atom stereocenters. The molecule has 0 spiro atoms. The lowest BCUT2D eigenvalue weighted by atomic mass is 9.90. The van der Waals surface area contributed by atoms with E-state index in [9.17, 15) is 9.59 Å². The van der Waals surface area contributed by atoms with E-state index >= 15 is 0 Å². The molecule has 3 rings (SSSR count). The monoisotopic (exact) mass is 399 g/mol. The quantitative estimate of drug-likeness (QED) is 0.700. The van der Waals surface area contributed by atoms with Crippen LogP contribution in [-0.2, 0) is 9.59 Å². The number of benzene rings is 2. The van der Waals surface area contributed by atoms with Gasteiger partial charge in [0.25, 0.3) is 0 Å². The molecule has 28 heavy (non-hydrogen) atoms.